The van der Waals surface area contributed by atoms with Crippen LogP contribution in [0.3, 0.4) is 0 Å². The van der Waals surface area contributed by atoms with Crippen LogP contribution in [0.1, 0.15) is 26.2 Å². The third-order valence-electron chi connectivity index (χ3n) is 0.780. The molecule has 0 fully saturated rings. The molecule has 0 saturated heterocycles. The molecule has 0 aromatic heterocycles. The molecule has 6 heavy (non-hydrogen) atoms. The Hall–Kier alpha value is 0.799. The number of rotatable bonds is 3. The fraction of sp³-hybridized carbons (Fsp3) is 1.00. The van der Waals surface area contributed by atoms with E-state index in [9.17, 15) is 0 Å². The molecule has 0 bridgehead atoms. The Morgan fingerprint density at radius 2 is 2.00 bits per heavy atom. The van der Waals surface area contributed by atoms with Crippen LogP contribution in [0.4, 0.5) is 0 Å². The molecule has 0 aliphatic rings. The van der Waals surface area contributed by atoms with Crippen molar-refractivity contribution >= 4 is 22.5 Å². The van der Waals surface area contributed by atoms with Gasteiger partial charge in [-0.2, -0.15) is 0 Å². The van der Waals surface area contributed by atoms with E-state index in [0.717, 1.165) is 0 Å². The fourth-order valence-corrected chi connectivity index (χ4v) is 1.09. The van der Waals surface area contributed by atoms with Crippen LogP contribution in [0.5, 0.6) is 0 Å². The molecule has 0 nitrogen and oxygen atoms in total. The Bertz CT molecular complexity index is 15.9. The molecule has 0 radical (unpaired) electrons. The van der Waals surface area contributed by atoms with E-state index in [1.165, 1.54) is 23.7 Å². The summed E-state index contributed by atoms with van der Waals surface area (Å²) in [5.41, 5.74) is 0. The van der Waals surface area contributed by atoms with Crippen LogP contribution in [0.2, 0.25) is 4.44 Å². The Balaban J connectivity index is 2.34. The van der Waals surface area contributed by atoms with Gasteiger partial charge >= 0.3 is 53.1 Å². The van der Waals surface area contributed by atoms with Crippen LogP contribution >= 0.6 is 0 Å². The van der Waals surface area contributed by atoms with Crippen LogP contribution in [-0.2, 0) is 0 Å². The molecule has 0 heterocycles. The van der Waals surface area contributed by atoms with Crippen LogP contribution in [0, 0.1) is 0 Å². The topological polar surface area (TPSA) is 0 Å². The molecule has 0 aromatic rings. The van der Waals surface area contributed by atoms with Gasteiger partial charge in [0, 0.05) is 0 Å². The van der Waals surface area contributed by atoms with Crippen molar-refractivity contribution in [2.45, 2.75) is 30.6 Å². The molecular weight excluding hydrogens is 179 g/mol. The summed E-state index contributed by atoms with van der Waals surface area (Å²) in [6.07, 6.45) is 4.26. The van der Waals surface area contributed by atoms with Crippen molar-refractivity contribution in [2.24, 2.45) is 0 Å². The molecule has 0 unspecified atom stereocenters. The van der Waals surface area contributed by atoms with Gasteiger partial charge in [0.05, 0.1) is 0 Å². The van der Waals surface area contributed by atoms with Crippen molar-refractivity contribution in [2.75, 3.05) is 0 Å². The van der Waals surface area contributed by atoms with Crippen molar-refractivity contribution in [1.29, 1.82) is 0 Å². The molecule has 0 N–H and O–H groups in total. The number of hydrogen-bond acceptors (Lipinski definition) is 0. The SMILES string of the molecule is CCCC[CH2][Sn+3]. The van der Waals surface area contributed by atoms with E-state index in [4.69, 9.17) is 0 Å². The summed E-state index contributed by atoms with van der Waals surface area (Å²) in [5.74, 6) is 0. The van der Waals surface area contributed by atoms with E-state index < -0.39 is 0 Å². The normalized spacial score (nSPS) is 9.17. The second kappa shape index (κ2) is 5.80. The van der Waals surface area contributed by atoms with E-state index in [0.29, 0.717) is 0 Å². The van der Waals surface area contributed by atoms with Gasteiger partial charge in [-0.15, -0.1) is 0 Å². The maximum absolute atomic E-state index is 2.24. The van der Waals surface area contributed by atoms with Crippen molar-refractivity contribution in [1.82, 2.24) is 0 Å². The van der Waals surface area contributed by atoms with E-state index in [-0.39, 0.29) is 0 Å². The number of unbranched alkanes of at least 4 members (excludes halogenated alkanes) is 2. The molecule has 0 saturated carbocycles. The van der Waals surface area contributed by atoms with Gasteiger partial charge in [0.25, 0.3) is 0 Å². The molecular formula is C5H11Sn+3. The molecule has 32 valence electrons. The third kappa shape index (κ3) is 4.80. The van der Waals surface area contributed by atoms with Gasteiger partial charge in [-0.3, -0.25) is 0 Å². The van der Waals surface area contributed by atoms with Gasteiger partial charge < -0.3 is 0 Å². The average molecular weight is 190 g/mol. The van der Waals surface area contributed by atoms with Gasteiger partial charge in [0.2, 0.25) is 0 Å². The maximum atomic E-state index is 2.24. The summed E-state index contributed by atoms with van der Waals surface area (Å²) in [4.78, 5) is 0. The predicted molar refractivity (Wildman–Crippen MR) is 30.1 cm³/mol. The number of hydrogen-bond donors (Lipinski definition) is 0. The zero-order valence-corrected chi connectivity index (χ0v) is 7.18. The van der Waals surface area contributed by atoms with Crippen molar-refractivity contribution < 1.29 is 0 Å². The molecule has 1 heteroatoms. The molecule has 0 atom stereocenters. The second-order valence-corrected chi connectivity index (χ2v) is 2.88. The molecule has 0 aliphatic carbocycles. The van der Waals surface area contributed by atoms with Crippen molar-refractivity contribution in [3.05, 3.63) is 0 Å². The van der Waals surface area contributed by atoms with E-state index in [1.54, 1.807) is 22.5 Å². The molecule has 0 spiro atoms. The third-order valence-corrected chi connectivity index (χ3v) is 1.79. The summed E-state index contributed by atoms with van der Waals surface area (Å²) < 4.78 is 1.44. The van der Waals surface area contributed by atoms with E-state index >= 15 is 0 Å². The van der Waals surface area contributed by atoms with Crippen molar-refractivity contribution in [3.8, 4) is 0 Å². The Morgan fingerprint density at radius 3 is 2.17 bits per heavy atom. The quantitative estimate of drug-likeness (QED) is 0.469. The first-order chi connectivity index (χ1) is 2.91. The van der Waals surface area contributed by atoms with Gasteiger partial charge in [-0.1, -0.05) is 0 Å². The van der Waals surface area contributed by atoms with Crippen molar-refractivity contribution in [3.63, 3.8) is 0 Å². The van der Waals surface area contributed by atoms with Gasteiger partial charge in [0.1, 0.15) is 0 Å². The monoisotopic (exact) mass is 191 g/mol. The molecule has 0 aromatic carbocycles. The molecule has 0 aliphatic heterocycles. The fourth-order valence-electron chi connectivity index (χ4n) is 0.375. The van der Waals surface area contributed by atoms with Crippen LogP contribution < -0.4 is 0 Å². The minimum atomic E-state index is 1.37. The standard InChI is InChI=1S/C5H11.Sn/c1-3-5-4-2;/h1,3-5H2,2H3;/q;+3. The van der Waals surface area contributed by atoms with Crippen LogP contribution in [0.25, 0.3) is 0 Å². The summed E-state index contributed by atoms with van der Waals surface area (Å²) >= 11 is 1.69. The molecule has 0 amide bonds. The second-order valence-electron chi connectivity index (χ2n) is 1.46. The minimum absolute atomic E-state index is 1.37. The Kier molecular flexibility index (Phi) is 6.57. The van der Waals surface area contributed by atoms with Gasteiger partial charge in [-0.05, 0) is 0 Å². The Labute approximate surface area is 53.4 Å². The van der Waals surface area contributed by atoms with Crippen LogP contribution in [0.15, 0.2) is 0 Å². The first-order valence-corrected chi connectivity index (χ1v) is 4.58. The molecule has 0 rings (SSSR count). The summed E-state index contributed by atoms with van der Waals surface area (Å²) in [6, 6.07) is 0. The first kappa shape index (κ1) is 6.80. The summed E-state index contributed by atoms with van der Waals surface area (Å²) in [6.45, 7) is 2.24. The summed E-state index contributed by atoms with van der Waals surface area (Å²) in [7, 11) is 0. The van der Waals surface area contributed by atoms with E-state index in [1.807, 2.05) is 0 Å². The zero-order valence-electron chi connectivity index (χ0n) is 4.33. The van der Waals surface area contributed by atoms with Crippen LogP contribution in [-0.4, -0.2) is 22.5 Å². The predicted octanol–water partition coefficient (Wildman–Crippen LogP) is 1.76. The summed E-state index contributed by atoms with van der Waals surface area (Å²) in [5, 5.41) is 0. The van der Waals surface area contributed by atoms with Gasteiger partial charge in [0.15, 0.2) is 0 Å². The zero-order chi connectivity index (χ0) is 4.83. The van der Waals surface area contributed by atoms with E-state index in [2.05, 4.69) is 6.92 Å². The average Bonchev–Trinajstić information content (AvgIpc) is 1.61. The Morgan fingerprint density at radius 1 is 1.33 bits per heavy atom. The first-order valence-electron chi connectivity index (χ1n) is 2.56. The van der Waals surface area contributed by atoms with Gasteiger partial charge in [-0.25, -0.2) is 0 Å².